The third kappa shape index (κ3) is 3.71. The van der Waals surface area contributed by atoms with Gasteiger partial charge in [-0.05, 0) is 46.7 Å². The third-order valence-electron chi connectivity index (χ3n) is 7.74. The van der Waals surface area contributed by atoms with E-state index in [0.29, 0.717) is 5.82 Å². The van der Waals surface area contributed by atoms with E-state index < -0.39 is 0 Å². The van der Waals surface area contributed by atoms with Gasteiger partial charge in [0.15, 0.2) is 5.82 Å². The smallest absolute Gasteiger partial charge is 0.160 e. The summed E-state index contributed by atoms with van der Waals surface area (Å²) in [6.45, 7) is 0. The van der Waals surface area contributed by atoms with Crippen LogP contribution in [0.25, 0.3) is 72.7 Å². The van der Waals surface area contributed by atoms with Crippen LogP contribution in [0, 0.1) is 10.8 Å². The Morgan fingerprint density at radius 2 is 1.37 bits per heavy atom. The SMILES string of the molecule is N=C1C=Cc2ccc3ccc(-c4nc(-c5ccccc5)cc(-c5cccc6oc7ccccc7c56)n4)cc3c2C1=N. The summed E-state index contributed by atoms with van der Waals surface area (Å²) < 4.78 is 6.18. The van der Waals surface area contributed by atoms with E-state index in [1.165, 1.54) is 0 Å². The van der Waals surface area contributed by atoms with Crippen LogP contribution < -0.4 is 0 Å². The summed E-state index contributed by atoms with van der Waals surface area (Å²) >= 11 is 0. The first-order valence-corrected chi connectivity index (χ1v) is 13.4. The number of hydrogen-bond donors (Lipinski definition) is 2. The maximum absolute atomic E-state index is 8.64. The van der Waals surface area contributed by atoms with Crippen molar-refractivity contribution in [1.82, 2.24) is 9.97 Å². The summed E-state index contributed by atoms with van der Waals surface area (Å²) in [5.41, 5.74) is 8.26. The molecule has 0 saturated heterocycles. The van der Waals surface area contributed by atoms with E-state index in [2.05, 4.69) is 36.4 Å². The highest BCUT2D eigenvalue weighted by molar-refractivity contribution is 6.53. The van der Waals surface area contributed by atoms with Gasteiger partial charge in [0, 0.05) is 33.0 Å². The van der Waals surface area contributed by atoms with Crippen LogP contribution in [0.1, 0.15) is 11.1 Å². The number of furan rings is 1. The number of fused-ring (bicyclic) bond motifs is 6. The van der Waals surface area contributed by atoms with Crippen molar-refractivity contribution in [2.75, 3.05) is 0 Å². The van der Waals surface area contributed by atoms with Gasteiger partial charge in [-0.15, -0.1) is 0 Å². The Morgan fingerprint density at radius 1 is 0.585 bits per heavy atom. The molecule has 2 aromatic heterocycles. The second-order valence-corrected chi connectivity index (χ2v) is 10.2. The van der Waals surface area contributed by atoms with Gasteiger partial charge in [0.2, 0.25) is 0 Å². The van der Waals surface area contributed by atoms with Crippen LogP contribution in [-0.4, -0.2) is 21.4 Å². The second-order valence-electron chi connectivity index (χ2n) is 10.2. The zero-order chi connectivity index (χ0) is 27.5. The number of benzene rings is 5. The molecular formula is C36H22N4O. The van der Waals surface area contributed by atoms with E-state index >= 15 is 0 Å². The van der Waals surface area contributed by atoms with Gasteiger partial charge in [0.25, 0.3) is 0 Å². The second kappa shape index (κ2) is 8.93. The first-order chi connectivity index (χ1) is 20.1. The summed E-state index contributed by atoms with van der Waals surface area (Å²) in [7, 11) is 0. The number of aromatic nitrogens is 2. The lowest BCUT2D eigenvalue weighted by Gasteiger charge is -2.16. The molecule has 0 unspecified atom stereocenters. The topological polar surface area (TPSA) is 86.6 Å². The number of nitrogens with one attached hydrogen (secondary N) is 2. The molecule has 5 nitrogen and oxygen atoms in total. The van der Waals surface area contributed by atoms with Crippen molar-refractivity contribution >= 4 is 50.2 Å². The predicted molar refractivity (Wildman–Crippen MR) is 167 cm³/mol. The van der Waals surface area contributed by atoms with E-state index in [-0.39, 0.29) is 11.4 Å². The Hall–Kier alpha value is -5.68. The van der Waals surface area contributed by atoms with Crippen LogP contribution in [0.5, 0.6) is 0 Å². The Labute approximate surface area is 235 Å². The molecule has 0 bridgehead atoms. The molecule has 0 amide bonds. The van der Waals surface area contributed by atoms with Crippen LogP contribution in [0.2, 0.25) is 0 Å². The van der Waals surface area contributed by atoms with E-state index in [4.69, 9.17) is 25.2 Å². The van der Waals surface area contributed by atoms with Crippen molar-refractivity contribution in [3.05, 3.63) is 126 Å². The third-order valence-corrected chi connectivity index (χ3v) is 7.74. The fourth-order valence-corrected chi connectivity index (χ4v) is 5.74. The Morgan fingerprint density at radius 3 is 2.27 bits per heavy atom. The van der Waals surface area contributed by atoms with Gasteiger partial charge in [-0.25, -0.2) is 9.97 Å². The average molecular weight is 527 g/mol. The molecule has 1 aliphatic rings. The zero-order valence-corrected chi connectivity index (χ0v) is 21.8. The molecule has 0 fully saturated rings. The lowest BCUT2D eigenvalue weighted by Crippen LogP contribution is -2.16. The molecule has 2 N–H and O–H groups in total. The minimum atomic E-state index is 0.209. The largest absolute Gasteiger partial charge is 0.456 e. The van der Waals surface area contributed by atoms with Crippen molar-refractivity contribution in [3.63, 3.8) is 0 Å². The van der Waals surface area contributed by atoms with Gasteiger partial charge >= 0.3 is 0 Å². The quantitative estimate of drug-likeness (QED) is 0.241. The molecule has 41 heavy (non-hydrogen) atoms. The molecule has 0 spiro atoms. The molecule has 0 aliphatic heterocycles. The van der Waals surface area contributed by atoms with Crippen LogP contribution in [0.3, 0.4) is 0 Å². The maximum Gasteiger partial charge on any atom is 0.160 e. The lowest BCUT2D eigenvalue weighted by atomic mass is 9.88. The van der Waals surface area contributed by atoms with E-state index in [1.807, 2.05) is 78.9 Å². The highest BCUT2D eigenvalue weighted by Gasteiger charge is 2.20. The molecule has 192 valence electrons. The molecule has 7 aromatic rings. The Balaban J connectivity index is 1.39. The highest BCUT2D eigenvalue weighted by Crippen LogP contribution is 2.38. The minimum Gasteiger partial charge on any atom is -0.456 e. The number of allylic oxidation sites excluding steroid dienone is 1. The zero-order valence-electron chi connectivity index (χ0n) is 21.8. The summed E-state index contributed by atoms with van der Waals surface area (Å²) in [4.78, 5) is 10.2. The van der Waals surface area contributed by atoms with Gasteiger partial charge in [-0.3, -0.25) is 10.8 Å². The molecule has 1 aliphatic carbocycles. The van der Waals surface area contributed by atoms with Gasteiger partial charge in [-0.1, -0.05) is 91.0 Å². The number of para-hydroxylation sites is 1. The van der Waals surface area contributed by atoms with Crippen molar-refractivity contribution in [2.24, 2.45) is 0 Å². The van der Waals surface area contributed by atoms with E-state index in [1.54, 1.807) is 6.08 Å². The predicted octanol–water partition coefficient (Wildman–Crippen LogP) is 8.94. The van der Waals surface area contributed by atoms with Crippen LogP contribution in [-0.2, 0) is 0 Å². The lowest BCUT2D eigenvalue weighted by molar-refractivity contribution is 0.669. The molecule has 0 saturated carbocycles. The van der Waals surface area contributed by atoms with Crippen LogP contribution in [0.4, 0.5) is 0 Å². The number of hydrogen-bond acceptors (Lipinski definition) is 5. The monoisotopic (exact) mass is 526 g/mol. The highest BCUT2D eigenvalue weighted by atomic mass is 16.3. The van der Waals surface area contributed by atoms with Gasteiger partial charge in [0.1, 0.15) is 11.2 Å². The summed E-state index contributed by atoms with van der Waals surface area (Å²) in [6.07, 6.45) is 3.58. The molecular weight excluding hydrogens is 504 g/mol. The average Bonchev–Trinajstić information content (AvgIpc) is 3.41. The van der Waals surface area contributed by atoms with Crippen molar-refractivity contribution in [2.45, 2.75) is 0 Å². The van der Waals surface area contributed by atoms with Crippen LogP contribution >= 0.6 is 0 Å². The van der Waals surface area contributed by atoms with Gasteiger partial charge in [0.05, 0.1) is 22.8 Å². The molecule has 5 heteroatoms. The Kier molecular flexibility index (Phi) is 5.06. The van der Waals surface area contributed by atoms with Crippen molar-refractivity contribution < 1.29 is 4.42 Å². The summed E-state index contributed by atoms with van der Waals surface area (Å²) in [5.74, 6) is 0.596. The number of nitrogens with zero attached hydrogens (tertiary/aromatic N) is 2. The molecule has 0 radical (unpaired) electrons. The van der Waals surface area contributed by atoms with Crippen molar-refractivity contribution in [1.29, 1.82) is 10.8 Å². The fourth-order valence-electron chi connectivity index (χ4n) is 5.74. The first kappa shape index (κ1) is 23.2. The summed E-state index contributed by atoms with van der Waals surface area (Å²) in [5, 5.41) is 20.9. The van der Waals surface area contributed by atoms with Gasteiger partial charge < -0.3 is 4.42 Å². The maximum atomic E-state index is 8.64. The summed E-state index contributed by atoms with van der Waals surface area (Å²) in [6, 6.07) is 36.5. The molecule has 2 heterocycles. The van der Waals surface area contributed by atoms with Gasteiger partial charge in [-0.2, -0.15) is 0 Å². The molecule has 8 rings (SSSR count). The van der Waals surface area contributed by atoms with Crippen LogP contribution in [0.15, 0.2) is 120 Å². The minimum absolute atomic E-state index is 0.209. The Bertz CT molecular complexity index is 2240. The molecule has 0 atom stereocenters. The fraction of sp³-hybridized carbons (Fsp3) is 0. The standard InChI is InChI=1S/C36H22N4O/c37-28-18-17-23-15-13-21-14-16-24(19-27(21)33(23)35(28)38)36-39-29(22-7-2-1-3-8-22)20-30(40-36)25-10-6-12-32-34(25)26-9-4-5-11-31(26)41-32/h1-20,37-38H. The molecule has 5 aromatic carbocycles. The first-order valence-electron chi connectivity index (χ1n) is 13.4. The van der Waals surface area contributed by atoms with Crippen molar-refractivity contribution in [3.8, 4) is 33.9 Å². The number of rotatable bonds is 3. The van der Waals surface area contributed by atoms with E-state index in [9.17, 15) is 0 Å². The van der Waals surface area contributed by atoms with E-state index in [0.717, 1.165) is 71.9 Å². The normalized spacial score (nSPS) is 12.9.